The standard InChI is InChI=1S/C17H17ClN2O/c1-3-21-16(13-7-5-4-6-8-13)15-10-19-17-12(2)9-14(18)11-20(15)17/h4-11,16H,3H2,1-2H3. The fourth-order valence-corrected chi connectivity index (χ4v) is 2.84. The Morgan fingerprint density at radius 2 is 2.05 bits per heavy atom. The maximum atomic E-state index is 6.19. The SMILES string of the molecule is CCOC(c1ccccc1)c1cnc2c(C)cc(Cl)cn12. The van der Waals surface area contributed by atoms with Gasteiger partial charge in [-0.15, -0.1) is 0 Å². The first-order valence-electron chi connectivity index (χ1n) is 7.00. The predicted molar refractivity (Wildman–Crippen MR) is 84.9 cm³/mol. The highest BCUT2D eigenvalue weighted by molar-refractivity contribution is 6.30. The number of imidazole rings is 1. The Kier molecular flexibility index (Phi) is 3.95. The molecule has 0 spiro atoms. The minimum atomic E-state index is -0.149. The first kappa shape index (κ1) is 14.1. The highest BCUT2D eigenvalue weighted by Crippen LogP contribution is 2.28. The van der Waals surface area contributed by atoms with Gasteiger partial charge in [-0.3, -0.25) is 4.40 Å². The average molecular weight is 301 g/mol. The number of aryl methyl sites for hydroxylation is 1. The Bertz CT molecular complexity index is 752. The van der Waals surface area contributed by atoms with Crippen LogP contribution in [0.5, 0.6) is 0 Å². The number of halogens is 1. The number of ether oxygens (including phenoxy) is 1. The fraction of sp³-hybridized carbons (Fsp3) is 0.235. The molecule has 0 radical (unpaired) electrons. The lowest BCUT2D eigenvalue weighted by molar-refractivity contribution is 0.0878. The van der Waals surface area contributed by atoms with Gasteiger partial charge >= 0.3 is 0 Å². The summed E-state index contributed by atoms with van der Waals surface area (Å²) in [6.07, 6.45) is 3.61. The van der Waals surface area contributed by atoms with Crippen molar-refractivity contribution in [2.75, 3.05) is 6.61 Å². The van der Waals surface area contributed by atoms with E-state index in [1.807, 2.05) is 54.9 Å². The van der Waals surface area contributed by atoms with Crippen LogP contribution < -0.4 is 0 Å². The summed E-state index contributed by atoms with van der Waals surface area (Å²) in [4.78, 5) is 4.51. The summed E-state index contributed by atoms with van der Waals surface area (Å²) in [5.41, 5.74) is 4.06. The van der Waals surface area contributed by atoms with Crippen LogP contribution in [0.3, 0.4) is 0 Å². The second-order valence-electron chi connectivity index (χ2n) is 4.96. The van der Waals surface area contributed by atoms with Crippen LogP contribution in [0.2, 0.25) is 5.02 Å². The van der Waals surface area contributed by atoms with Crippen molar-refractivity contribution in [3.05, 3.63) is 70.6 Å². The highest BCUT2D eigenvalue weighted by Gasteiger charge is 2.19. The zero-order valence-electron chi connectivity index (χ0n) is 12.1. The lowest BCUT2D eigenvalue weighted by Crippen LogP contribution is -2.09. The predicted octanol–water partition coefficient (Wildman–Crippen LogP) is 4.42. The normalized spacial score (nSPS) is 12.7. The number of rotatable bonds is 4. The van der Waals surface area contributed by atoms with Crippen molar-refractivity contribution >= 4 is 17.2 Å². The molecule has 4 heteroatoms. The molecule has 0 aliphatic heterocycles. The van der Waals surface area contributed by atoms with Crippen molar-refractivity contribution < 1.29 is 4.74 Å². The Morgan fingerprint density at radius 1 is 1.29 bits per heavy atom. The summed E-state index contributed by atoms with van der Waals surface area (Å²) >= 11 is 6.19. The maximum Gasteiger partial charge on any atom is 0.140 e. The van der Waals surface area contributed by atoms with Gasteiger partial charge in [0.2, 0.25) is 0 Å². The van der Waals surface area contributed by atoms with E-state index in [1.54, 1.807) is 0 Å². The third-order valence-corrected chi connectivity index (χ3v) is 3.70. The van der Waals surface area contributed by atoms with Gasteiger partial charge in [-0.2, -0.15) is 0 Å². The Hall–Kier alpha value is -1.84. The molecule has 108 valence electrons. The zero-order valence-corrected chi connectivity index (χ0v) is 12.8. The molecule has 1 unspecified atom stereocenters. The van der Waals surface area contributed by atoms with Gasteiger partial charge in [0.15, 0.2) is 0 Å². The molecular formula is C17H17ClN2O. The van der Waals surface area contributed by atoms with Gasteiger partial charge in [-0.25, -0.2) is 4.98 Å². The Labute approximate surface area is 129 Å². The molecule has 0 aliphatic rings. The summed E-state index contributed by atoms with van der Waals surface area (Å²) in [6.45, 7) is 4.64. The van der Waals surface area contributed by atoms with Crippen molar-refractivity contribution in [3.8, 4) is 0 Å². The van der Waals surface area contributed by atoms with Crippen molar-refractivity contribution in [1.82, 2.24) is 9.38 Å². The van der Waals surface area contributed by atoms with Crippen molar-refractivity contribution in [2.24, 2.45) is 0 Å². The van der Waals surface area contributed by atoms with Crippen LogP contribution >= 0.6 is 11.6 Å². The van der Waals surface area contributed by atoms with Crippen LogP contribution in [0.1, 0.15) is 29.8 Å². The zero-order chi connectivity index (χ0) is 14.8. The maximum absolute atomic E-state index is 6.19. The van der Waals surface area contributed by atoms with E-state index >= 15 is 0 Å². The first-order valence-corrected chi connectivity index (χ1v) is 7.38. The van der Waals surface area contributed by atoms with Gasteiger partial charge in [0.25, 0.3) is 0 Å². The molecule has 3 aromatic rings. The van der Waals surface area contributed by atoms with E-state index in [1.165, 1.54) is 0 Å². The second-order valence-corrected chi connectivity index (χ2v) is 5.40. The van der Waals surface area contributed by atoms with Crippen LogP contribution in [0, 0.1) is 6.92 Å². The molecule has 21 heavy (non-hydrogen) atoms. The van der Waals surface area contributed by atoms with Crippen LogP contribution in [-0.2, 0) is 4.74 Å². The number of aromatic nitrogens is 2. The van der Waals surface area contributed by atoms with Crippen molar-refractivity contribution in [1.29, 1.82) is 0 Å². The van der Waals surface area contributed by atoms with Gasteiger partial charge in [0.05, 0.1) is 16.9 Å². The largest absolute Gasteiger partial charge is 0.367 e. The van der Waals surface area contributed by atoms with Gasteiger partial charge in [0, 0.05) is 12.8 Å². The van der Waals surface area contributed by atoms with E-state index in [0.29, 0.717) is 11.6 Å². The summed E-state index contributed by atoms with van der Waals surface area (Å²) in [7, 11) is 0. The first-order chi connectivity index (χ1) is 10.2. The minimum Gasteiger partial charge on any atom is -0.367 e. The molecule has 2 aromatic heterocycles. The van der Waals surface area contributed by atoms with Crippen LogP contribution in [0.25, 0.3) is 5.65 Å². The van der Waals surface area contributed by atoms with E-state index in [2.05, 4.69) is 17.1 Å². The number of pyridine rings is 1. The summed E-state index contributed by atoms with van der Waals surface area (Å²) in [5, 5.41) is 0.697. The van der Waals surface area contributed by atoms with Gasteiger partial charge in [-0.1, -0.05) is 41.9 Å². The van der Waals surface area contributed by atoms with Crippen LogP contribution in [0.15, 0.2) is 48.8 Å². The molecule has 1 atom stereocenters. The quantitative estimate of drug-likeness (QED) is 0.713. The van der Waals surface area contributed by atoms with Crippen molar-refractivity contribution in [3.63, 3.8) is 0 Å². The molecule has 1 aromatic carbocycles. The molecule has 0 saturated carbocycles. The summed E-state index contributed by atoms with van der Waals surface area (Å²) in [5.74, 6) is 0. The number of fused-ring (bicyclic) bond motifs is 1. The lowest BCUT2D eigenvalue weighted by Gasteiger charge is -2.17. The topological polar surface area (TPSA) is 26.5 Å². The molecule has 0 bridgehead atoms. The van der Waals surface area contributed by atoms with Gasteiger partial charge < -0.3 is 4.74 Å². The molecule has 3 nitrogen and oxygen atoms in total. The molecule has 3 rings (SSSR count). The third kappa shape index (κ3) is 2.67. The number of hydrogen-bond acceptors (Lipinski definition) is 2. The number of benzene rings is 1. The molecule has 0 N–H and O–H groups in total. The van der Waals surface area contributed by atoms with E-state index in [-0.39, 0.29) is 6.10 Å². The smallest absolute Gasteiger partial charge is 0.140 e. The molecule has 0 aliphatic carbocycles. The molecular weight excluding hydrogens is 284 g/mol. The summed E-state index contributed by atoms with van der Waals surface area (Å²) < 4.78 is 7.98. The molecule has 0 saturated heterocycles. The van der Waals surface area contributed by atoms with Crippen LogP contribution in [-0.4, -0.2) is 16.0 Å². The Morgan fingerprint density at radius 3 is 2.76 bits per heavy atom. The lowest BCUT2D eigenvalue weighted by atomic mass is 10.1. The van der Waals surface area contributed by atoms with E-state index in [0.717, 1.165) is 22.5 Å². The summed E-state index contributed by atoms with van der Waals surface area (Å²) in [6, 6.07) is 12.1. The Balaban J connectivity index is 2.16. The van der Waals surface area contributed by atoms with E-state index < -0.39 is 0 Å². The van der Waals surface area contributed by atoms with E-state index in [4.69, 9.17) is 16.3 Å². The van der Waals surface area contributed by atoms with E-state index in [9.17, 15) is 0 Å². The molecule has 2 heterocycles. The third-order valence-electron chi connectivity index (χ3n) is 3.49. The number of nitrogens with zero attached hydrogens (tertiary/aromatic N) is 2. The monoisotopic (exact) mass is 300 g/mol. The second kappa shape index (κ2) is 5.88. The van der Waals surface area contributed by atoms with Crippen LogP contribution in [0.4, 0.5) is 0 Å². The number of hydrogen-bond donors (Lipinski definition) is 0. The average Bonchev–Trinajstić information content (AvgIpc) is 2.89. The fourth-order valence-electron chi connectivity index (χ4n) is 2.57. The highest BCUT2D eigenvalue weighted by atomic mass is 35.5. The molecule has 0 amide bonds. The minimum absolute atomic E-state index is 0.149. The molecule has 0 fully saturated rings. The van der Waals surface area contributed by atoms with Gasteiger partial charge in [-0.05, 0) is 31.0 Å². The van der Waals surface area contributed by atoms with Gasteiger partial charge in [0.1, 0.15) is 11.8 Å². The van der Waals surface area contributed by atoms with Crippen molar-refractivity contribution in [2.45, 2.75) is 20.0 Å².